The van der Waals surface area contributed by atoms with Gasteiger partial charge in [0.15, 0.2) is 11.6 Å². The smallest absolute Gasteiger partial charge is 0.389 e. The molecule has 0 amide bonds. The van der Waals surface area contributed by atoms with Gasteiger partial charge in [0.05, 0.1) is 0 Å². The second-order valence-electron chi connectivity index (χ2n) is 6.96. The molecule has 29 heavy (non-hydrogen) atoms. The molecule has 0 aromatic rings. The zero-order valence-corrected chi connectivity index (χ0v) is 17.5. The molecular formula is C22H28CoN4O2+2. The first-order valence-corrected chi connectivity index (χ1v) is 9.82. The molecule has 2 aliphatic carbocycles. The maximum Gasteiger partial charge on any atom is 2.00 e. The van der Waals surface area contributed by atoms with Crippen LogP contribution in [-0.2, 0) is 26.4 Å². The maximum absolute atomic E-state index is 11.3. The van der Waals surface area contributed by atoms with E-state index in [0.717, 1.165) is 37.3 Å². The van der Waals surface area contributed by atoms with Gasteiger partial charge in [-0.3, -0.25) is 19.4 Å². The molecule has 2 fully saturated rings. The molecule has 7 heteroatoms. The van der Waals surface area contributed by atoms with Crippen molar-refractivity contribution in [2.24, 2.45) is 0 Å². The molecule has 0 aromatic heterocycles. The molecule has 4 aliphatic rings. The van der Waals surface area contributed by atoms with Gasteiger partial charge in [-0.2, -0.15) is 0 Å². The summed E-state index contributed by atoms with van der Waals surface area (Å²) in [6.07, 6.45) is 17.7. The third kappa shape index (κ3) is 9.23. The fourth-order valence-corrected chi connectivity index (χ4v) is 2.60. The van der Waals surface area contributed by atoms with E-state index >= 15 is 0 Å². The van der Waals surface area contributed by atoms with Gasteiger partial charge in [0, 0.05) is 75.9 Å². The minimum atomic E-state index is 0. The first kappa shape index (κ1) is 23.1. The minimum absolute atomic E-state index is 0. The Morgan fingerprint density at radius 1 is 0.690 bits per heavy atom. The molecule has 0 bridgehead atoms. The average molecular weight is 439 g/mol. The van der Waals surface area contributed by atoms with Crippen molar-refractivity contribution in [3.63, 3.8) is 0 Å². The third-order valence-corrected chi connectivity index (χ3v) is 4.58. The van der Waals surface area contributed by atoms with Crippen LogP contribution in [0.15, 0.2) is 72.2 Å². The van der Waals surface area contributed by atoms with Crippen molar-refractivity contribution in [2.75, 3.05) is 52.4 Å². The molecule has 0 aromatic carbocycles. The first-order chi connectivity index (χ1) is 13.7. The fraction of sp³-hybridized carbons (Fsp3) is 0.364. The number of nitrogens with zero attached hydrogens (tertiary/aromatic N) is 2. The predicted molar refractivity (Wildman–Crippen MR) is 112 cm³/mol. The van der Waals surface area contributed by atoms with Crippen LogP contribution < -0.4 is 10.6 Å². The van der Waals surface area contributed by atoms with Crippen LogP contribution in [0.25, 0.3) is 0 Å². The van der Waals surface area contributed by atoms with Crippen molar-refractivity contribution in [1.82, 2.24) is 20.4 Å². The standard InChI is InChI=1S/2C11H14N2O.Co/c2*14-11-4-2-1-3-10(11)9-12-5-6-13-7-8-13;/h2*1-4,9,12H,5-8H2;/q;;+2/b2*10-9-;. The van der Waals surface area contributed by atoms with Gasteiger partial charge >= 0.3 is 16.8 Å². The van der Waals surface area contributed by atoms with Crippen LogP contribution in [0.4, 0.5) is 0 Å². The van der Waals surface area contributed by atoms with Crippen LogP contribution in [0.3, 0.4) is 0 Å². The zero-order chi connectivity index (χ0) is 19.6. The summed E-state index contributed by atoms with van der Waals surface area (Å²) in [4.78, 5) is 27.2. The number of nitrogens with one attached hydrogen (secondary N) is 2. The van der Waals surface area contributed by atoms with Crippen LogP contribution >= 0.6 is 0 Å². The van der Waals surface area contributed by atoms with Crippen molar-refractivity contribution in [3.8, 4) is 0 Å². The quantitative estimate of drug-likeness (QED) is 0.334. The van der Waals surface area contributed by atoms with Gasteiger partial charge in [0.1, 0.15) is 0 Å². The summed E-state index contributed by atoms with van der Waals surface area (Å²) in [5.74, 6) is 0.151. The summed E-state index contributed by atoms with van der Waals surface area (Å²) < 4.78 is 0. The summed E-state index contributed by atoms with van der Waals surface area (Å²) in [6.45, 7) is 8.84. The van der Waals surface area contributed by atoms with Crippen molar-refractivity contribution < 1.29 is 26.4 Å². The second kappa shape index (κ2) is 12.4. The van der Waals surface area contributed by atoms with Gasteiger partial charge in [0.25, 0.3) is 0 Å². The molecule has 0 atom stereocenters. The Morgan fingerprint density at radius 3 is 1.41 bits per heavy atom. The number of ketones is 2. The van der Waals surface area contributed by atoms with E-state index in [-0.39, 0.29) is 28.3 Å². The predicted octanol–water partition coefficient (Wildman–Crippen LogP) is 0.939. The van der Waals surface area contributed by atoms with Crippen molar-refractivity contribution in [2.45, 2.75) is 0 Å². The molecule has 0 unspecified atom stereocenters. The second-order valence-corrected chi connectivity index (χ2v) is 6.96. The molecular weight excluding hydrogens is 411 g/mol. The first-order valence-electron chi connectivity index (χ1n) is 9.82. The van der Waals surface area contributed by atoms with E-state index in [4.69, 9.17) is 0 Å². The van der Waals surface area contributed by atoms with Crippen LogP contribution in [0.5, 0.6) is 0 Å². The number of carbonyl (C=O) groups is 2. The molecule has 0 spiro atoms. The van der Waals surface area contributed by atoms with Crippen molar-refractivity contribution in [1.29, 1.82) is 0 Å². The Kier molecular flexibility index (Phi) is 9.86. The topological polar surface area (TPSA) is 64.2 Å². The molecule has 4 rings (SSSR count). The number of hydrogen-bond acceptors (Lipinski definition) is 6. The molecule has 1 radical (unpaired) electrons. The van der Waals surface area contributed by atoms with Crippen molar-refractivity contribution >= 4 is 11.6 Å². The largest absolute Gasteiger partial charge is 2.00 e. The summed E-state index contributed by atoms with van der Waals surface area (Å²) in [7, 11) is 0. The molecule has 155 valence electrons. The van der Waals surface area contributed by atoms with E-state index in [1.165, 1.54) is 26.2 Å². The summed E-state index contributed by atoms with van der Waals surface area (Å²) >= 11 is 0. The molecule has 0 saturated carbocycles. The molecule has 6 nitrogen and oxygen atoms in total. The van der Waals surface area contributed by atoms with E-state index < -0.39 is 0 Å². The monoisotopic (exact) mass is 439 g/mol. The third-order valence-electron chi connectivity index (χ3n) is 4.58. The Hall–Kier alpha value is -2.19. The van der Waals surface area contributed by atoms with E-state index in [1.807, 2.05) is 24.3 Å². The summed E-state index contributed by atoms with van der Waals surface area (Å²) in [5, 5.41) is 6.29. The van der Waals surface area contributed by atoms with Crippen LogP contribution in [0.1, 0.15) is 0 Å². The van der Waals surface area contributed by atoms with Gasteiger partial charge in [0.2, 0.25) is 0 Å². The van der Waals surface area contributed by atoms with Gasteiger partial charge in [-0.05, 0) is 24.3 Å². The number of carbonyl (C=O) groups excluding carboxylic acids is 2. The summed E-state index contributed by atoms with van der Waals surface area (Å²) in [5.41, 5.74) is 1.47. The van der Waals surface area contributed by atoms with E-state index in [1.54, 1.807) is 36.7 Å². The average Bonchev–Trinajstić information content (AvgIpc) is 3.61. The van der Waals surface area contributed by atoms with Crippen LogP contribution in [0.2, 0.25) is 0 Å². The van der Waals surface area contributed by atoms with Gasteiger partial charge < -0.3 is 10.6 Å². The van der Waals surface area contributed by atoms with Crippen molar-refractivity contribution in [3.05, 3.63) is 72.2 Å². The number of hydrogen-bond donors (Lipinski definition) is 2. The fourth-order valence-electron chi connectivity index (χ4n) is 2.60. The van der Waals surface area contributed by atoms with E-state index in [0.29, 0.717) is 0 Å². The van der Waals surface area contributed by atoms with Crippen LogP contribution in [-0.4, -0.2) is 73.7 Å². The zero-order valence-electron chi connectivity index (χ0n) is 16.5. The minimum Gasteiger partial charge on any atom is -0.389 e. The molecule has 2 aliphatic heterocycles. The normalized spacial score (nSPS) is 22.3. The maximum atomic E-state index is 11.3. The van der Waals surface area contributed by atoms with E-state index in [2.05, 4.69) is 20.4 Å². The van der Waals surface area contributed by atoms with Gasteiger partial charge in [-0.25, -0.2) is 0 Å². The van der Waals surface area contributed by atoms with Gasteiger partial charge in [-0.1, -0.05) is 24.3 Å². The Bertz CT molecular complexity index is 693. The summed E-state index contributed by atoms with van der Waals surface area (Å²) in [6, 6.07) is 0. The number of allylic oxidation sites excluding steroid dienone is 10. The SMILES string of the molecule is O=C1C=CC=C/C1=C/NCCN1CC1.O=C1C=CC=C/C1=C/NCCN1CC1.[Co+2]. The molecule has 2 heterocycles. The van der Waals surface area contributed by atoms with E-state index in [9.17, 15) is 9.59 Å². The molecule has 2 saturated heterocycles. The number of rotatable bonds is 8. The Labute approximate surface area is 183 Å². The molecule has 2 N–H and O–H groups in total. The van der Waals surface area contributed by atoms with Crippen LogP contribution in [0, 0.1) is 0 Å². The van der Waals surface area contributed by atoms with Gasteiger partial charge in [-0.15, -0.1) is 0 Å². The Morgan fingerprint density at radius 2 is 1.07 bits per heavy atom. The Balaban J connectivity index is 0.000000200.